The van der Waals surface area contributed by atoms with Crippen LogP contribution < -0.4 is 4.90 Å². The van der Waals surface area contributed by atoms with Crippen LogP contribution in [0, 0.1) is 11.6 Å². The minimum atomic E-state index is -0.729. The predicted molar refractivity (Wildman–Crippen MR) is 49.1 cm³/mol. The fraction of sp³-hybridized carbons (Fsp3) is 0.444. The number of halogens is 2. The molecule has 0 aliphatic carbocycles. The number of anilines is 1. The van der Waals surface area contributed by atoms with Gasteiger partial charge in [-0.25, -0.2) is 13.8 Å². The Bertz CT molecular complexity index is 320. The summed E-state index contributed by atoms with van der Waals surface area (Å²) in [7, 11) is 1.59. The zero-order valence-corrected chi connectivity index (χ0v) is 8.04. The third-order valence-corrected chi connectivity index (χ3v) is 2.05. The highest BCUT2D eigenvalue weighted by Gasteiger charge is 2.14. The average Bonchev–Trinajstić information content (AvgIpc) is 2.15. The molecule has 0 bridgehead atoms. The van der Waals surface area contributed by atoms with Crippen LogP contribution in [0.3, 0.4) is 0 Å². The lowest BCUT2D eigenvalue weighted by molar-refractivity contribution is 0.269. The van der Waals surface area contributed by atoms with Crippen LogP contribution in [-0.2, 0) is 0 Å². The highest BCUT2D eigenvalue weighted by Crippen LogP contribution is 2.16. The van der Waals surface area contributed by atoms with Gasteiger partial charge in [-0.15, -0.1) is 0 Å². The van der Waals surface area contributed by atoms with Crippen molar-refractivity contribution in [1.82, 2.24) is 4.98 Å². The largest absolute Gasteiger partial charge is 0.394 e. The summed E-state index contributed by atoms with van der Waals surface area (Å²) in [6.45, 7) is 1.60. The number of aliphatic hydroxyl groups is 1. The van der Waals surface area contributed by atoms with Crippen LogP contribution in [0.15, 0.2) is 12.3 Å². The molecule has 1 N–H and O–H groups in total. The Hall–Kier alpha value is -1.23. The lowest BCUT2D eigenvalue weighted by Crippen LogP contribution is -2.33. The van der Waals surface area contributed by atoms with Gasteiger partial charge in [0.15, 0.2) is 11.6 Å². The summed E-state index contributed by atoms with van der Waals surface area (Å²) in [5.74, 6) is -1.41. The molecule has 78 valence electrons. The summed E-state index contributed by atoms with van der Waals surface area (Å²) in [5, 5.41) is 8.85. The molecule has 1 aromatic rings. The van der Waals surface area contributed by atoms with Crippen LogP contribution in [0.1, 0.15) is 6.92 Å². The standard InChI is InChI=1S/C9H12F2N2O/c1-6(5-14)13(2)9-8(11)3-7(10)4-12-9/h3-4,6,14H,5H2,1-2H3. The molecule has 1 unspecified atom stereocenters. The van der Waals surface area contributed by atoms with E-state index in [0.717, 1.165) is 12.3 Å². The molecular weight excluding hydrogens is 190 g/mol. The van der Waals surface area contributed by atoms with E-state index in [1.165, 1.54) is 4.90 Å². The highest BCUT2D eigenvalue weighted by molar-refractivity contribution is 5.39. The first-order valence-corrected chi connectivity index (χ1v) is 4.21. The molecule has 0 fully saturated rings. The summed E-state index contributed by atoms with van der Waals surface area (Å²) in [5.41, 5.74) is 0. The number of aromatic nitrogens is 1. The Morgan fingerprint density at radius 1 is 1.57 bits per heavy atom. The molecule has 5 heteroatoms. The summed E-state index contributed by atoms with van der Waals surface area (Å²) in [6.07, 6.45) is 0.943. The second-order valence-corrected chi connectivity index (χ2v) is 3.10. The van der Waals surface area contributed by atoms with Crippen molar-refractivity contribution in [3.63, 3.8) is 0 Å². The van der Waals surface area contributed by atoms with Crippen molar-refractivity contribution in [3.05, 3.63) is 23.9 Å². The Morgan fingerprint density at radius 2 is 2.21 bits per heavy atom. The van der Waals surface area contributed by atoms with Crippen LogP contribution in [0.4, 0.5) is 14.6 Å². The zero-order chi connectivity index (χ0) is 10.7. The molecule has 3 nitrogen and oxygen atoms in total. The van der Waals surface area contributed by atoms with Gasteiger partial charge >= 0.3 is 0 Å². The van der Waals surface area contributed by atoms with Gasteiger partial charge in [0.2, 0.25) is 0 Å². The lowest BCUT2D eigenvalue weighted by atomic mass is 10.3. The topological polar surface area (TPSA) is 36.4 Å². The van der Waals surface area contributed by atoms with E-state index in [9.17, 15) is 8.78 Å². The molecule has 0 aliphatic rings. The molecule has 0 saturated heterocycles. The van der Waals surface area contributed by atoms with Gasteiger partial charge in [0.05, 0.1) is 18.8 Å². The fourth-order valence-corrected chi connectivity index (χ4v) is 0.998. The Morgan fingerprint density at radius 3 is 2.71 bits per heavy atom. The monoisotopic (exact) mass is 202 g/mol. The summed E-state index contributed by atoms with van der Waals surface area (Å²) >= 11 is 0. The fourth-order valence-electron chi connectivity index (χ4n) is 0.998. The number of hydrogen-bond donors (Lipinski definition) is 1. The Kier molecular flexibility index (Phi) is 3.35. The summed E-state index contributed by atoms with van der Waals surface area (Å²) < 4.78 is 25.7. The molecule has 0 radical (unpaired) electrons. The SMILES string of the molecule is CC(CO)N(C)c1ncc(F)cc1F. The van der Waals surface area contributed by atoms with Gasteiger partial charge in [-0.1, -0.05) is 0 Å². The van der Waals surface area contributed by atoms with Crippen LogP contribution in [-0.4, -0.2) is 29.8 Å². The van der Waals surface area contributed by atoms with Gasteiger partial charge in [-0.3, -0.25) is 0 Å². The Labute approximate surface area is 81.0 Å². The van der Waals surface area contributed by atoms with Gasteiger partial charge in [-0.05, 0) is 6.92 Å². The van der Waals surface area contributed by atoms with E-state index in [0.29, 0.717) is 0 Å². The zero-order valence-electron chi connectivity index (χ0n) is 8.04. The van der Waals surface area contributed by atoms with E-state index in [2.05, 4.69) is 4.98 Å². The van der Waals surface area contributed by atoms with E-state index in [-0.39, 0.29) is 18.5 Å². The maximum atomic E-state index is 13.2. The van der Waals surface area contributed by atoms with Crippen LogP contribution in [0.2, 0.25) is 0 Å². The van der Waals surface area contributed by atoms with Crippen molar-refractivity contribution in [2.75, 3.05) is 18.6 Å². The number of pyridine rings is 1. The van der Waals surface area contributed by atoms with Crippen molar-refractivity contribution in [1.29, 1.82) is 0 Å². The van der Waals surface area contributed by atoms with E-state index in [4.69, 9.17) is 5.11 Å². The molecule has 1 heterocycles. The number of hydrogen-bond acceptors (Lipinski definition) is 3. The molecule has 0 spiro atoms. The van der Waals surface area contributed by atoms with Gasteiger partial charge in [-0.2, -0.15) is 0 Å². The van der Waals surface area contributed by atoms with Crippen LogP contribution in [0.5, 0.6) is 0 Å². The molecule has 0 saturated carbocycles. The number of nitrogens with zero attached hydrogens (tertiary/aromatic N) is 2. The second-order valence-electron chi connectivity index (χ2n) is 3.10. The smallest absolute Gasteiger partial charge is 0.168 e. The highest BCUT2D eigenvalue weighted by atomic mass is 19.1. The van der Waals surface area contributed by atoms with Gasteiger partial charge < -0.3 is 10.0 Å². The quantitative estimate of drug-likeness (QED) is 0.799. The molecule has 0 amide bonds. The van der Waals surface area contributed by atoms with Crippen molar-refractivity contribution in [2.45, 2.75) is 13.0 Å². The normalized spacial score (nSPS) is 12.6. The third-order valence-electron chi connectivity index (χ3n) is 2.05. The van der Waals surface area contributed by atoms with Gasteiger partial charge in [0.25, 0.3) is 0 Å². The average molecular weight is 202 g/mol. The van der Waals surface area contributed by atoms with Gasteiger partial charge in [0.1, 0.15) is 5.82 Å². The maximum absolute atomic E-state index is 13.2. The van der Waals surface area contributed by atoms with E-state index in [1.807, 2.05) is 0 Å². The number of rotatable bonds is 3. The first kappa shape index (κ1) is 10.8. The van der Waals surface area contributed by atoms with Crippen molar-refractivity contribution < 1.29 is 13.9 Å². The molecular formula is C9H12F2N2O. The van der Waals surface area contributed by atoms with Crippen LogP contribution in [0.25, 0.3) is 0 Å². The minimum absolute atomic E-state index is 0.0351. The summed E-state index contributed by atoms with van der Waals surface area (Å²) in [4.78, 5) is 5.06. The molecule has 0 aliphatic heterocycles. The first-order valence-electron chi connectivity index (χ1n) is 4.21. The summed E-state index contributed by atoms with van der Waals surface area (Å²) in [6, 6.07) is 0.505. The Balaban J connectivity index is 2.95. The van der Waals surface area contributed by atoms with Crippen LogP contribution >= 0.6 is 0 Å². The minimum Gasteiger partial charge on any atom is -0.394 e. The molecule has 14 heavy (non-hydrogen) atoms. The predicted octanol–water partition coefficient (Wildman–Crippen LogP) is 1.18. The first-order chi connectivity index (χ1) is 6.56. The van der Waals surface area contributed by atoms with E-state index >= 15 is 0 Å². The number of aliphatic hydroxyl groups excluding tert-OH is 1. The molecule has 1 atom stereocenters. The molecule has 1 rings (SSSR count). The maximum Gasteiger partial charge on any atom is 0.168 e. The molecule has 0 aromatic carbocycles. The lowest BCUT2D eigenvalue weighted by Gasteiger charge is -2.24. The van der Waals surface area contributed by atoms with E-state index < -0.39 is 11.6 Å². The van der Waals surface area contributed by atoms with E-state index in [1.54, 1.807) is 14.0 Å². The van der Waals surface area contributed by atoms with Gasteiger partial charge in [0, 0.05) is 13.1 Å². The van der Waals surface area contributed by atoms with Crippen molar-refractivity contribution >= 4 is 5.82 Å². The second kappa shape index (κ2) is 4.32. The molecule has 1 aromatic heterocycles. The van der Waals surface area contributed by atoms with Crippen molar-refractivity contribution in [2.24, 2.45) is 0 Å². The third kappa shape index (κ3) is 2.17. The number of likely N-dealkylation sites (N-methyl/N-ethyl adjacent to an activating group) is 1. The van der Waals surface area contributed by atoms with Crippen molar-refractivity contribution in [3.8, 4) is 0 Å².